The van der Waals surface area contributed by atoms with Crippen LogP contribution in [0.1, 0.15) is 30.3 Å². The average molecular weight is 339 g/mol. The summed E-state index contributed by atoms with van der Waals surface area (Å²) in [5, 5.41) is 9.28. The Morgan fingerprint density at radius 3 is 2.80 bits per heavy atom. The molecule has 25 heavy (non-hydrogen) atoms. The van der Waals surface area contributed by atoms with Gasteiger partial charge >= 0.3 is 0 Å². The molecule has 1 aromatic carbocycles. The van der Waals surface area contributed by atoms with Crippen molar-refractivity contribution in [2.24, 2.45) is 5.92 Å². The average Bonchev–Trinajstić information content (AvgIpc) is 3.31. The molecule has 2 aliphatic rings. The summed E-state index contributed by atoms with van der Waals surface area (Å²) in [6.07, 6.45) is 2.13. The van der Waals surface area contributed by atoms with Gasteiger partial charge < -0.3 is 20.4 Å². The Labute approximate surface area is 146 Å². The standard InChI is InChI=1S/C19H21N3O3/c1-11(23)21-14-4-2-3-12(7-14)17-5-6-18(25-17)19(24)22-16-9-15-8-13(16)10-20-15/h2-7,13,15-16,20H,8-10H2,1H3,(H,21,23)(H,22,24). The van der Waals surface area contributed by atoms with E-state index in [-0.39, 0.29) is 17.9 Å². The maximum Gasteiger partial charge on any atom is 0.287 e. The van der Waals surface area contributed by atoms with Gasteiger partial charge in [-0.05, 0) is 43.0 Å². The number of fused-ring (bicyclic) bond motifs is 2. The number of anilines is 1. The van der Waals surface area contributed by atoms with Crippen molar-refractivity contribution in [2.75, 3.05) is 11.9 Å². The molecule has 2 heterocycles. The van der Waals surface area contributed by atoms with Crippen LogP contribution >= 0.6 is 0 Å². The van der Waals surface area contributed by atoms with Crippen LogP contribution in [0.25, 0.3) is 11.3 Å². The van der Waals surface area contributed by atoms with Crippen molar-refractivity contribution < 1.29 is 14.0 Å². The first kappa shape index (κ1) is 15.9. The second kappa shape index (κ2) is 6.37. The Bertz CT molecular complexity index is 814. The molecule has 3 unspecified atom stereocenters. The van der Waals surface area contributed by atoms with Crippen LogP contribution in [0, 0.1) is 5.92 Å². The molecule has 0 spiro atoms. The topological polar surface area (TPSA) is 83.4 Å². The molecule has 3 atom stereocenters. The molecule has 130 valence electrons. The number of hydrogen-bond acceptors (Lipinski definition) is 4. The van der Waals surface area contributed by atoms with Gasteiger partial charge in [0, 0.05) is 36.8 Å². The number of carbonyl (C=O) groups excluding carboxylic acids is 2. The lowest BCUT2D eigenvalue weighted by molar-refractivity contribution is -0.114. The molecule has 4 rings (SSSR count). The minimum atomic E-state index is -0.165. The van der Waals surface area contributed by atoms with Gasteiger partial charge in [0.15, 0.2) is 5.76 Å². The number of furan rings is 1. The lowest BCUT2D eigenvalue weighted by atomic mass is 10.0. The maximum atomic E-state index is 12.5. The molecule has 1 saturated carbocycles. The Morgan fingerprint density at radius 1 is 1.20 bits per heavy atom. The summed E-state index contributed by atoms with van der Waals surface area (Å²) in [6.45, 7) is 2.45. The van der Waals surface area contributed by atoms with Gasteiger partial charge in [-0.2, -0.15) is 0 Å². The van der Waals surface area contributed by atoms with E-state index >= 15 is 0 Å². The van der Waals surface area contributed by atoms with Crippen LogP contribution in [-0.2, 0) is 4.79 Å². The number of amides is 2. The third-order valence-electron chi connectivity index (χ3n) is 4.98. The normalized spacial score (nSPS) is 24.3. The van der Waals surface area contributed by atoms with Crippen molar-refractivity contribution in [2.45, 2.75) is 31.8 Å². The first-order valence-electron chi connectivity index (χ1n) is 8.60. The SMILES string of the molecule is CC(=O)Nc1cccc(-c2ccc(C(=O)NC3CC4CC3CN4)o2)c1. The largest absolute Gasteiger partial charge is 0.451 e. The Balaban J connectivity index is 1.46. The number of nitrogens with one attached hydrogen (secondary N) is 3. The highest BCUT2D eigenvalue weighted by Crippen LogP contribution is 2.31. The second-order valence-corrected chi connectivity index (χ2v) is 6.84. The summed E-state index contributed by atoms with van der Waals surface area (Å²) in [6, 6.07) is 11.6. The van der Waals surface area contributed by atoms with Crippen molar-refractivity contribution in [3.05, 3.63) is 42.2 Å². The van der Waals surface area contributed by atoms with Crippen LogP contribution in [0.15, 0.2) is 40.8 Å². The van der Waals surface area contributed by atoms with E-state index in [2.05, 4.69) is 16.0 Å². The molecule has 2 amide bonds. The van der Waals surface area contributed by atoms with E-state index in [4.69, 9.17) is 4.42 Å². The summed E-state index contributed by atoms with van der Waals surface area (Å²) in [4.78, 5) is 23.6. The monoisotopic (exact) mass is 339 g/mol. The van der Waals surface area contributed by atoms with E-state index in [1.54, 1.807) is 12.1 Å². The van der Waals surface area contributed by atoms with Crippen LogP contribution in [0.2, 0.25) is 0 Å². The highest BCUT2D eigenvalue weighted by Gasteiger charge is 2.40. The molecule has 0 radical (unpaired) electrons. The van der Waals surface area contributed by atoms with E-state index in [9.17, 15) is 9.59 Å². The number of piperidine rings is 1. The zero-order valence-corrected chi connectivity index (χ0v) is 14.0. The van der Waals surface area contributed by atoms with Crippen molar-refractivity contribution in [1.29, 1.82) is 0 Å². The predicted octanol–water partition coefficient (Wildman–Crippen LogP) is 2.39. The van der Waals surface area contributed by atoms with Gasteiger partial charge in [-0.25, -0.2) is 0 Å². The fourth-order valence-corrected chi connectivity index (χ4v) is 3.82. The minimum Gasteiger partial charge on any atom is -0.451 e. The summed E-state index contributed by atoms with van der Waals surface area (Å²) < 4.78 is 5.74. The quantitative estimate of drug-likeness (QED) is 0.799. The van der Waals surface area contributed by atoms with E-state index in [1.165, 1.54) is 6.92 Å². The van der Waals surface area contributed by atoms with Crippen molar-refractivity contribution in [3.63, 3.8) is 0 Å². The van der Waals surface area contributed by atoms with Crippen molar-refractivity contribution in [3.8, 4) is 11.3 Å². The predicted molar refractivity (Wildman–Crippen MR) is 94.2 cm³/mol. The van der Waals surface area contributed by atoms with Gasteiger partial charge in [-0.3, -0.25) is 9.59 Å². The van der Waals surface area contributed by atoms with E-state index < -0.39 is 0 Å². The van der Waals surface area contributed by atoms with Crippen LogP contribution < -0.4 is 16.0 Å². The van der Waals surface area contributed by atoms with Crippen LogP contribution in [0.3, 0.4) is 0 Å². The van der Waals surface area contributed by atoms with E-state index in [1.807, 2.05) is 24.3 Å². The fraction of sp³-hybridized carbons (Fsp3) is 0.368. The number of rotatable bonds is 4. The summed E-state index contributed by atoms with van der Waals surface area (Å²) in [5.41, 5.74) is 1.51. The molecule has 1 saturated heterocycles. The van der Waals surface area contributed by atoms with Crippen LogP contribution in [0.5, 0.6) is 0 Å². The third-order valence-corrected chi connectivity index (χ3v) is 4.98. The van der Waals surface area contributed by atoms with Crippen molar-refractivity contribution in [1.82, 2.24) is 10.6 Å². The van der Waals surface area contributed by atoms with Gasteiger partial charge in [0.05, 0.1) is 0 Å². The van der Waals surface area contributed by atoms with Gasteiger partial charge in [-0.1, -0.05) is 12.1 Å². The summed E-state index contributed by atoms with van der Waals surface area (Å²) in [7, 11) is 0. The van der Waals surface area contributed by atoms with Crippen LogP contribution in [-0.4, -0.2) is 30.4 Å². The highest BCUT2D eigenvalue weighted by atomic mass is 16.3. The Morgan fingerprint density at radius 2 is 2.08 bits per heavy atom. The minimum absolute atomic E-state index is 0.128. The van der Waals surface area contributed by atoms with E-state index in [0.29, 0.717) is 29.2 Å². The molecule has 6 nitrogen and oxygen atoms in total. The lowest BCUT2D eigenvalue weighted by Crippen LogP contribution is -2.44. The number of carbonyl (C=O) groups is 2. The van der Waals surface area contributed by atoms with Gasteiger partial charge in [0.2, 0.25) is 5.91 Å². The summed E-state index contributed by atoms with van der Waals surface area (Å²) in [5.74, 6) is 1.15. The third kappa shape index (κ3) is 3.30. The van der Waals surface area contributed by atoms with Crippen molar-refractivity contribution >= 4 is 17.5 Å². The zero-order chi connectivity index (χ0) is 17.4. The molecule has 2 aromatic rings. The highest BCUT2D eigenvalue weighted by molar-refractivity contribution is 5.92. The molecule has 1 aliphatic carbocycles. The molecule has 2 bridgehead atoms. The molecule has 1 aliphatic heterocycles. The molecule has 1 aromatic heterocycles. The Kier molecular flexibility index (Phi) is 4.05. The number of benzene rings is 1. The van der Waals surface area contributed by atoms with Gasteiger partial charge in [0.1, 0.15) is 5.76 Å². The van der Waals surface area contributed by atoms with Gasteiger partial charge in [0.25, 0.3) is 5.91 Å². The Hall–Kier alpha value is -2.60. The van der Waals surface area contributed by atoms with E-state index in [0.717, 1.165) is 24.9 Å². The molecule has 3 N–H and O–H groups in total. The molecular formula is C19H21N3O3. The lowest BCUT2D eigenvalue weighted by Gasteiger charge is -2.22. The molecular weight excluding hydrogens is 318 g/mol. The van der Waals surface area contributed by atoms with Crippen LogP contribution in [0.4, 0.5) is 5.69 Å². The molecule has 2 fully saturated rings. The van der Waals surface area contributed by atoms with Gasteiger partial charge in [-0.15, -0.1) is 0 Å². The molecule has 6 heteroatoms. The first-order valence-corrected chi connectivity index (χ1v) is 8.60. The first-order chi connectivity index (χ1) is 12.1. The zero-order valence-electron chi connectivity index (χ0n) is 14.0. The maximum absolute atomic E-state index is 12.5. The smallest absolute Gasteiger partial charge is 0.287 e. The number of hydrogen-bond donors (Lipinski definition) is 3. The second-order valence-electron chi connectivity index (χ2n) is 6.84. The fourth-order valence-electron chi connectivity index (χ4n) is 3.82. The summed E-state index contributed by atoms with van der Waals surface area (Å²) >= 11 is 0.